The van der Waals surface area contributed by atoms with Gasteiger partial charge < -0.3 is 5.32 Å². The van der Waals surface area contributed by atoms with Crippen LogP contribution in [0.2, 0.25) is 5.02 Å². The van der Waals surface area contributed by atoms with Crippen LogP contribution >= 0.6 is 34.3 Å². The Hall–Kier alpha value is -1.29. The lowest BCUT2D eigenvalue weighted by Gasteiger charge is -2.19. The van der Waals surface area contributed by atoms with Crippen LogP contribution in [0.25, 0.3) is 0 Å². The minimum absolute atomic E-state index is 0.161. The molecule has 0 amide bonds. The van der Waals surface area contributed by atoms with E-state index in [0.717, 1.165) is 10.7 Å². The van der Waals surface area contributed by atoms with E-state index in [-0.39, 0.29) is 6.04 Å². The maximum atomic E-state index is 6.31. The fraction of sp³-hybridized carbons (Fsp3) is 0.125. The van der Waals surface area contributed by atoms with Crippen molar-refractivity contribution >= 4 is 40.0 Å². The van der Waals surface area contributed by atoms with E-state index in [1.807, 2.05) is 12.1 Å². The number of hydrogen-bond donors (Lipinski definition) is 1. The Balaban J connectivity index is 1.97. The summed E-state index contributed by atoms with van der Waals surface area (Å²) in [6.07, 6.45) is 0. The Morgan fingerprint density at radius 1 is 1.00 bits per heavy atom. The second-order valence-corrected chi connectivity index (χ2v) is 6.96. The SMILES string of the molecule is Cc1ccc(Cl)c(NC(c2cccs2)c2cccs2)c1. The predicted molar refractivity (Wildman–Crippen MR) is 90.3 cm³/mol. The molecule has 0 bridgehead atoms. The van der Waals surface area contributed by atoms with Crippen molar-refractivity contribution in [3.8, 4) is 0 Å². The molecular formula is C16H14ClNS2. The average Bonchev–Trinajstić information content (AvgIpc) is 3.12. The Morgan fingerprint density at radius 2 is 1.65 bits per heavy atom. The number of anilines is 1. The highest BCUT2D eigenvalue weighted by molar-refractivity contribution is 7.11. The Bertz CT molecular complexity index is 640. The molecule has 0 saturated heterocycles. The van der Waals surface area contributed by atoms with Crippen molar-refractivity contribution in [3.05, 3.63) is 73.6 Å². The summed E-state index contributed by atoms with van der Waals surface area (Å²) in [5.74, 6) is 0. The zero-order chi connectivity index (χ0) is 13.9. The predicted octanol–water partition coefficient (Wildman–Crippen LogP) is 5.97. The van der Waals surface area contributed by atoms with Crippen LogP contribution in [-0.4, -0.2) is 0 Å². The number of thiophene rings is 2. The molecule has 4 heteroatoms. The standard InChI is InChI=1S/C16H14ClNS2/c1-11-6-7-12(17)13(10-11)18-16(14-4-2-8-19-14)15-5-3-9-20-15/h2-10,16,18H,1H3. The van der Waals surface area contributed by atoms with Gasteiger partial charge in [-0.2, -0.15) is 0 Å². The number of rotatable bonds is 4. The highest BCUT2D eigenvalue weighted by atomic mass is 35.5. The van der Waals surface area contributed by atoms with Crippen molar-refractivity contribution in [2.24, 2.45) is 0 Å². The Kier molecular flexibility index (Phi) is 4.10. The summed E-state index contributed by atoms with van der Waals surface area (Å²) in [7, 11) is 0. The van der Waals surface area contributed by atoms with E-state index in [4.69, 9.17) is 11.6 Å². The third-order valence-corrected chi connectivity index (χ3v) is 5.28. The minimum Gasteiger partial charge on any atom is -0.372 e. The molecule has 0 saturated carbocycles. The summed E-state index contributed by atoms with van der Waals surface area (Å²) >= 11 is 9.83. The van der Waals surface area contributed by atoms with Crippen LogP contribution < -0.4 is 5.32 Å². The van der Waals surface area contributed by atoms with Crippen molar-refractivity contribution in [2.75, 3.05) is 5.32 Å². The van der Waals surface area contributed by atoms with Gasteiger partial charge in [-0.15, -0.1) is 22.7 Å². The third kappa shape index (κ3) is 2.90. The van der Waals surface area contributed by atoms with Crippen LogP contribution in [0.5, 0.6) is 0 Å². The van der Waals surface area contributed by atoms with Crippen molar-refractivity contribution < 1.29 is 0 Å². The first-order chi connectivity index (χ1) is 9.74. The van der Waals surface area contributed by atoms with Gasteiger partial charge in [-0.3, -0.25) is 0 Å². The van der Waals surface area contributed by atoms with Crippen LogP contribution in [0, 0.1) is 6.92 Å². The molecule has 2 heterocycles. The van der Waals surface area contributed by atoms with Gasteiger partial charge in [0.05, 0.1) is 16.8 Å². The molecule has 2 aromatic heterocycles. The van der Waals surface area contributed by atoms with Gasteiger partial charge >= 0.3 is 0 Å². The average molecular weight is 320 g/mol. The summed E-state index contributed by atoms with van der Waals surface area (Å²) in [5.41, 5.74) is 2.19. The molecule has 3 rings (SSSR count). The first-order valence-corrected chi connectivity index (χ1v) is 8.47. The van der Waals surface area contributed by atoms with Crippen molar-refractivity contribution in [1.29, 1.82) is 0 Å². The summed E-state index contributed by atoms with van der Waals surface area (Å²) in [6.45, 7) is 2.08. The zero-order valence-electron chi connectivity index (χ0n) is 11.0. The van der Waals surface area contributed by atoms with E-state index in [0.29, 0.717) is 0 Å². The van der Waals surface area contributed by atoms with Gasteiger partial charge in [0.1, 0.15) is 0 Å². The van der Waals surface area contributed by atoms with Gasteiger partial charge in [-0.25, -0.2) is 0 Å². The molecule has 0 radical (unpaired) electrons. The van der Waals surface area contributed by atoms with Crippen LogP contribution in [0.3, 0.4) is 0 Å². The van der Waals surface area contributed by atoms with Gasteiger partial charge in [0.15, 0.2) is 0 Å². The molecule has 1 N–H and O–H groups in total. The molecule has 0 atom stereocenters. The van der Waals surface area contributed by atoms with E-state index < -0.39 is 0 Å². The molecule has 20 heavy (non-hydrogen) atoms. The molecule has 0 fully saturated rings. The second kappa shape index (κ2) is 6.00. The lowest BCUT2D eigenvalue weighted by molar-refractivity contribution is 0.992. The lowest BCUT2D eigenvalue weighted by atomic mass is 10.1. The molecule has 1 aromatic carbocycles. The summed E-state index contributed by atoms with van der Waals surface area (Å²) < 4.78 is 0. The Morgan fingerprint density at radius 3 is 2.20 bits per heavy atom. The maximum absolute atomic E-state index is 6.31. The van der Waals surface area contributed by atoms with E-state index >= 15 is 0 Å². The number of halogens is 1. The van der Waals surface area contributed by atoms with Crippen LogP contribution in [0.15, 0.2) is 53.2 Å². The van der Waals surface area contributed by atoms with Crippen molar-refractivity contribution in [2.45, 2.75) is 13.0 Å². The molecule has 3 aromatic rings. The van der Waals surface area contributed by atoms with E-state index in [2.05, 4.69) is 53.3 Å². The van der Waals surface area contributed by atoms with Crippen LogP contribution in [-0.2, 0) is 0 Å². The van der Waals surface area contributed by atoms with Crippen molar-refractivity contribution in [1.82, 2.24) is 0 Å². The first kappa shape index (κ1) is 13.7. The first-order valence-electron chi connectivity index (χ1n) is 6.33. The molecular weight excluding hydrogens is 306 g/mol. The smallest absolute Gasteiger partial charge is 0.0953 e. The van der Waals surface area contributed by atoms with Crippen molar-refractivity contribution in [3.63, 3.8) is 0 Å². The molecule has 0 aliphatic rings. The Labute approximate surface area is 131 Å². The fourth-order valence-electron chi connectivity index (χ4n) is 2.10. The normalized spacial score (nSPS) is 10.9. The summed E-state index contributed by atoms with van der Waals surface area (Å²) in [5, 5.41) is 8.55. The number of hydrogen-bond acceptors (Lipinski definition) is 3. The van der Waals surface area contributed by atoms with E-state index in [1.165, 1.54) is 15.3 Å². The summed E-state index contributed by atoms with van der Waals surface area (Å²) in [6, 6.07) is 14.7. The molecule has 0 aliphatic heterocycles. The quantitative estimate of drug-likeness (QED) is 0.624. The van der Waals surface area contributed by atoms with Gasteiger partial charge in [0.25, 0.3) is 0 Å². The monoisotopic (exact) mass is 319 g/mol. The third-order valence-electron chi connectivity index (χ3n) is 3.08. The number of aryl methyl sites for hydroxylation is 1. The van der Waals surface area contributed by atoms with E-state index in [9.17, 15) is 0 Å². The second-order valence-electron chi connectivity index (χ2n) is 4.59. The number of nitrogens with one attached hydrogen (secondary N) is 1. The van der Waals surface area contributed by atoms with Gasteiger partial charge in [0.2, 0.25) is 0 Å². The topological polar surface area (TPSA) is 12.0 Å². The molecule has 1 nitrogen and oxygen atoms in total. The lowest BCUT2D eigenvalue weighted by Crippen LogP contribution is -2.10. The van der Waals surface area contributed by atoms with Gasteiger partial charge in [0, 0.05) is 9.75 Å². The minimum atomic E-state index is 0.161. The van der Waals surface area contributed by atoms with Gasteiger partial charge in [-0.1, -0.05) is 29.8 Å². The highest BCUT2D eigenvalue weighted by Gasteiger charge is 2.17. The van der Waals surface area contributed by atoms with Crippen LogP contribution in [0.1, 0.15) is 21.4 Å². The summed E-state index contributed by atoms with van der Waals surface area (Å²) in [4.78, 5) is 2.59. The number of benzene rings is 1. The molecule has 0 unspecified atom stereocenters. The molecule has 0 aliphatic carbocycles. The molecule has 0 spiro atoms. The van der Waals surface area contributed by atoms with Gasteiger partial charge in [-0.05, 0) is 47.5 Å². The van der Waals surface area contributed by atoms with Crippen LogP contribution in [0.4, 0.5) is 5.69 Å². The van der Waals surface area contributed by atoms with E-state index in [1.54, 1.807) is 22.7 Å². The zero-order valence-corrected chi connectivity index (χ0v) is 13.4. The largest absolute Gasteiger partial charge is 0.372 e. The highest BCUT2D eigenvalue weighted by Crippen LogP contribution is 2.34. The maximum Gasteiger partial charge on any atom is 0.0953 e. The fourth-order valence-corrected chi connectivity index (χ4v) is 3.93. The molecule has 102 valence electrons.